The van der Waals surface area contributed by atoms with Gasteiger partial charge in [0.25, 0.3) is 0 Å². The monoisotopic (exact) mass is 274 g/mol. The average Bonchev–Trinajstić information content (AvgIpc) is 2.52. The minimum absolute atomic E-state index is 0.134. The standard InChI is InChI=1S/C17H22O3/c1-19-14-7-5-13(6-8-14)12-20-16-11-15(18)17(16)9-3-2-4-10-17/h5-8,16H,2-4,9-12H2,1H3. The predicted molar refractivity (Wildman–Crippen MR) is 76.7 cm³/mol. The Bertz CT molecular complexity index is 472. The van der Waals surface area contributed by atoms with Crippen LogP contribution in [0.1, 0.15) is 44.1 Å². The van der Waals surface area contributed by atoms with Crippen molar-refractivity contribution in [3.63, 3.8) is 0 Å². The van der Waals surface area contributed by atoms with Crippen LogP contribution in [0.4, 0.5) is 0 Å². The maximum Gasteiger partial charge on any atom is 0.144 e. The van der Waals surface area contributed by atoms with E-state index >= 15 is 0 Å². The van der Waals surface area contributed by atoms with Crippen LogP contribution in [0.5, 0.6) is 5.75 Å². The largest absolute Gasteiger partial charge is 0.497 e. The molecule has 3 heteroatoms. The minimum atomic E-state index is -0.134. The lowest BCUT2D eigenvalue weighted by molar-refractivity contribution is -0.171. The molecule has 2 saturated carbocycles. The van der Waals surface area contributed by atoms with E-state index in [-0.39, 0.29) is 11.5 Å². The fraction of sp³-hybridized carbons (Fsp3) is 0.588. The average molecular weight is 274 g/mol. The van der Waals surface area contributed by atoms with Crippen molar-refractivity contribution in [2.75, 3.05) is 7.11 Å². The van der Waals surface area contributed by atoms with Gasteiger partial charge in [-0.3, -0.25) is 4.79 Å². The summed E-state index contributed by atoms with van der Waals surface area (Å²) >= 11 is 0. The fourth-order valence-electron chi connectivity index (χ4n) is 3.54. The maximum atomic E-state index is 12.0. The molecule has 3 nitrogen and oxygen atoms in total. The molecule has 1 unspecified atom stereocenters. The topological polar surface area (TPSA) is 35.5 Å². The number of ether oxygens (including phenoxy) is 2. The zero-order valence-electron chi connectivity index (χ0n) is 12.1. The van der Waals surface area contributed by atoms with Crippen LogP contribution in [0.15, 0.2) is 24.3 Å². The quantitative estimate of drug-likeness (QED) is 0.843. The predicted octanol–water partition coefficient (Wildman–Crippen LogP) is 3.50. The van der Waals surface area contributed by atoms with Crippen molar-refractivity contribution in [3.05, 3.63) is 29.8 Å². The zero-order valence-corrected chi connectivity index (χ0v) is 12.1. The molecule has 2 aliphatic rings. The Morgan fingerprint density at radius 1 is 1.15 bits per heavy atom. The third-order valence-corrected chi connectivity index (χ3v) is 4.90. The van der Waals surface area contributed by atoms with Gasteiger partial charge in [-0.15, -0.1) is 0 Å². The van der Waals surface area contributed by atoms with Gasteiger partial charge in [-0.05, 0) is 30.5 Å². The van der Waals surface area contributed by atoms with Crippen LogP contribution in [0, 0.1) is 5.41 Å². The Labute approximate surface area is 120 Å². The molecule has 0 N–H and O–H groups in total. The summed E-state index contributed by atoms with van der Waals surface area (Å²) in [5.74, 6) is 1.29. The van der Waals surface area contributed by atoms with E-state index in [4.69, 9.17) is 9.47 Å². The van der Waals surface area contributed by atoms with Gasteiger partial charge in [-0.2, -0.15) is 0 Å². The lowest BCUT2D eigenvalue weighted by Gasteiger charge is -2.49. The summed E-state index contributed by atoms with van der Waals surface area (Å²) in [5, 5.41) is 0. The number of carbonyl (C=O) groups is 1. The molecule has 1 atom stereocenters. The van der Waals surface area contributed by atoms with Crippen molar-refractivity contribution in [1.82, 2.24) is 0 Å². The second-order valence-electron chi connectivity index (χ2n) is 5.99. The Morgan fingerprint density at radius 3 is 2.45 bits per heavy atom. The van der Waals surface area contributed by atoms with Gasteiger partial charge in [-0.25, -0.2) is 0 Å². The first-order valence-corrected chi connectivity index (χ1v) is 7.52. The summed E-state index contributed by atoms with van der Waals surface area (Å²) in [4.78, 5) is 12.0. The molecule has 0 amide bonds. The smallest absolute Gasteiger partial charge is 0.144 e. The SMILES string of the molecule is COc1ccc(COC2CC(=O)C23CCCCC3)cc1. The van der Waals surface area contributed by atoms with Gasteiger partial charge < -0.3 is 9.47 Å². The normalized spacial score (nSPS) is 24.4. The Hall–Kier alpha value is -1.35. The van der Waals surface area contributed by atoms with Crippen molar-refractivity contribution in [2.24, 2.45) is 5.41 Å². The molecule has 0 aliphatic heterocycles. The summed E-state index contributed by atoms with van der Waals surface area (Å²) in [7, 11) is 1.66. The van der Waals surface area contributed by atoms with Crippen LogP contribution in [-0.2, 0) is 16.1 Å². The lowest BCUT2D eigenvalue weighted by atomic mass is 9.57. The maximum absolute atomic E-state index is 12.0. The van der Waals surface area contributed by atoms with Gasteiger partial charge in [0.2, 0.25) is 0 Å². The Morgan fingerprint density at radius 2 is 1.85 bits per heavy atom. The molecule has 0 radical (unpaired) electrons. The van der Waals surface area contributed by atoms with Crippen LogP contribution in [0.3, 0.4) is 0 Å². The van der Waals surface area contributed by atoms with E-state index in [0.717, 1.165) is 24.2 Å². The van der Waals surface area contributed by atoms with E-state index in [2.05, 4.69) is 0 Å². The molecular formula is C17H22O3. The third kappa shape index (κ3) is 2.35. The molecule has 3 rings (SSSR count). The third-order valence-electron chi connectivity index (χ3n) is 4.90. The highest BCUT2D eigenvalue weighted by molar-refractivity contribution is 5.92. The molecule has 2 fully saturated rings. The summed E-state index contributed by atoms with van der Waals surface area (Å²) in [6.07, 6.45) is 6.41. The van der Waals surface area contributed by atoms with Crippen LogP contribution in [-0.4, -0.2) is 19.0 Å². The number of methoxy groups -OCH3 is 1. The van der Waals surface area contributed by atoms with Gasteiger partial charge in [0.1, 0.15) is 11.5 Å². The van der Waals surface area contributed by atoms with E-state index in [1.54, 1.807) is 7.11 Å². The van der Waals surface area contributed by atoms with Gasteiger partial charge in [0.05, 0.1) is 25.2 Å². The molecule has 0 saturated heterocycles. The molecule has 1 aromatic rings. The van der Waals surface area contributed by atoms with Gasteiger partial charge in [0.15, 0.2) is 0 Å². The first-order valence-electron chi connectivity index (χ1n) is 7.52. The van der Waals surface area contributed by atoms with E-state index in [0.29, 0.717) is 18.8 Å². The van der Waals surface area contributed by atoms with Crippen LogP contribution in [0.25, 0.3) is 0 Å². The number of benzene rings is 1. The van der Waals surface area contributed by atoms with Gasteiger partial charge >= 0.3 is 0 Å². The Kier molecular flexibility index (Phi) is 3.79. The lowest BCUT2D eigenvalue weighted by Crippen LogP contribution is -2.56. The molecule has 20 heavy (non-hydrogen) atoms. The van der Waals surface area contributed by atoms with Crippen LogP contribution >= 0.6 is 0 Å². The molecule has 1 spiro atoms. The molecule has 0 heterocycles. The summed E-state index contributed by atoms with van der Waals surface area (Å²) in [6, 6.07) is 7.93. The van der Waals surface area contributed by atoms with Crippen molar-refractivity contribution in [3.8, 4) is 5.75 Å². The molecule has 0 aromatic heterocycles. The van der Waals surface area contributed by atoms with E-state index in [9.17, 15) is 4.79 Å². The number of carbonyl (C=O) groups excluding carboxylic acids is 1. The van der Waals surface area contributed by atoms with Crippen molar-refractivity contribution < 1.29 is 14.3 Å². The molecule has 108 valence electrons. The number of ketones is 1. The highest BCUT2D eigenvalue weighted by Gasteiger charge is 2.55. The Balaban J connectivity index is 1.59. The van der Waals surface area contributed by atoms with Crippen molar-refractivity contribution >= 4 is 5.78 Å². The number of Topliss-reactive ketones (excluding diaryl/α,β-unsaturated/α-hetero) is 1. The van der Waals surface area contributed by atoms with E-state index < -0.39 is 0 Å². The second kappa shape index (κ2) is 5.57. The van der Waals surface area contributed by atoms with Crippen molar-refractivity contribution in [1.29, 1.82) is 0 Å². The molecule has 0 bridgehead atoms. The van der Waals surface area contributed by atoms with Gasteiger partial charge in [-0.1, -0.05) is 31.4 Å². The number of rotatable bonds is 4. The fourth-order valence-corrected chi connectivity index (χ4v) is 3.54. The number of hydrogen-bond acceptors (Lipinski definition) is 3. The van der Waals surface area contributed by atoms with Crippen molar-refractivity contribution in [2.45, 2.75) is 51.2 Å². The zero-order chi connectivity index (χ0) is 14.0. The van der Waals surface area contributed by atoms with Gasteiger partial charge in [0, 0.05) is 6.42 Å². The number of hydrogen-bond donors (Lipinski definition) is 0. The molecule has 2 aliphatic carbocycles. The summed E-state index contributed by atoms with van der Waals surface area (Å²) in [6.45, 7) is 0.587. The van der Waals surface area contributed by atoms with E-state index in [1.807, 2.05) is 24.3 Å². The first-order chi connectivity index (χ1) is 9.74. The molecular weight excluding hydrogens is 252 g/mol. The van der Waals surface area contributed by atoms with Crippen LogP contribution in [0.2, 0.25) is 0 Å². The summed E-state index contributed by atoms with van der Waals surface area (Å²) < 4.78 is 11.2. The van der Waals surface area contributed by atoms with E-state index in [1.165, 1.54) is 19.3 Å². The van der Waals surface area contributed by atoms with Crippen LogP contribution < -0.4 is 4.74 Å². The highest BCUT2D eigenvalue weighted by atomic mass is 16.5. The second-order valence-corrected chi connectivity index (χ2v) is 5.99. The highest BCUT2D eigenvalue weighted by Crippen LogP contribution is 2.50. The summed E-state index contributed by atoms with van der Waals surface area (Å²) in [5.41, 5.74) is 1.00. The minimum Gasteiger partial charge on any atom is -0.497 e. The molecule has 1 aromatic carbocycles. The first kappa shape index (κ1) is 13.6.